The van der Waals surface area contributed by atoms with Gasteiger partial charge < -0.3 is 4.42 Å². The summed E-state index contributed by atoms with van der Waals surface area (Å²) in [6, 6.07) is 3.91. The fraction of sp³-hybridized carbons (Fsp3) is 0.545. The molecular weight excluding hydrogens is 372 g/mol. The highest BCUT2D eigenvalue weighted by atomic mass is 32.2. The molecular formula is C22H32N2O3S. The lowest BCUT2D eigenvalue weighted by Crippen LogP contribution is -2.38. The van der Waals surface area contributed by atoms with E-state index in [0.717, 1.165) is 60.5 Å². The lowest BCUT2D eigenvalue weighted by Gasteiger charge is -2.31. The summed E-state index contributed by atoms with van der Waals surface area (Å²) in [5.41, 5.74) is 5.03. The number of likely N-dealkylation sites (tertiary alicyclic amines) is 1. The van der Waals surface area contributed by atoms with E-state index in [9.17, 15) is 8.42 Å². The monoisotopic (exact) mass is 404 g/mol. The molecule has 0 spiro atoms. The van der Waals surface area contributed by atoms with Gasteiger partial charge in [0.2, 0.25) is 10.0 Å². The molecule has 1 fully saturated rings. The van der Waals surface area contributed by atoms with E-state index in [4.69, 9.17) is 4.42 Å². The molecule has 6 heteroatoms. The lowest BCUT2D eigenvalue weighted by atomic mass is 9.95. The van der Waals surface area contributed by atoms with Gasteiger partial charge in [-0.1, -0.05) is 0 Å². The standard InChI is InChI=1S/C22H32N2O3S/c1-15-16(2)18(4)22(19(5)17(15)3)28(25,26)23-13-20-8-10-24(11-9-20)14-21-7-6-12-27-21/h6-7,12,20,23H,8-11,13-14H2,1-5H3. The first kappa shape index (κ1) is 21.1. The van der Waals surface area contributed by atoms with Gasteiger partial charge in [-0.3, -0.25) is 4.90 Å². The Labute approximate surface area is 169 Å². The van der Waals surface area contributed by atoms with Crippen LogP contribution < -0.4 is 4.72 Å². The molecule has 0 saturated carbocycles. The average Bonchev–Trinajstić information content (AvgIpc) is 3.17. The number of hydrogen-bond donors (Lipinski definition) is 1. The van der Waals surface area contributed by atoms with Gasteiger partial charge in [0.05, 0.1) is 17.7 Å². The largest absolute Gasteiger partial charge is 0.468 e. The topological polar surface area (TPSA) is 62.6 Å². The summed E-state index contributed by atoms with van der Waals surface area (Å²) in [4.78, 5) is 2.83. The summed E-state index contributed by atoms with van der Waals surface area (Å²) < 4.78 is 34.5. The second-order valence-electron chi connectivity index (χ2n) is 8.10. The van der Waals surface area contributed by atoms with Crippen molar-refractivity contribution in [2.45, 2.75) is 58.9 Å². The Bertz CT molecular complexity index is 896. The maximum Gasteiger partial charge on any atom is 0.241 e. The van der Waals surface area contributed by atoms with Crippen LogP contribution in [-0.4, -0.2) is 33.0 Å². The SMILES string of the molecule is Cc1c(C)c(C)c(S(=O)(=O)NCC2CCN(Cc3ccco3)CC2)c(C)c1C. The van der Waals surface area contributed by atoms with Crippen LogP contribution in [0.3, 0.4) is 0 Å². The molecule has 0 bridgehead atoms. The summed E-state index contributed by atoms with van der Waals surface area (Å²) >= 11 is 0. The molecule has 3 rings (SSSR count). The van der Waals surface area contributed by atoms with E-state index < -0.39 is 10.0 Å². The first-order valence-corrected chi connectivity index (χ1v) is 11.5. The quantitative estimate of drug-likeness (QED) is 0.790. The van der Waals surface area contributed by atoms with Crippen LogP contribution >= 0.6 is 0 Å². The second kappa shape index (κ2) is 8.39. The molecule has 0 radical (unpaired) electrons. The van der Waals surface area contributed by atoms with Gasteiger partial charge in [-0.2, -0.15) is 0 Å². The third kappa shape index (κ3) is 4.34. The molecule has 154 valence electrons. The van der Waals surface area contributed by atoms with Gasteiger partial charge in [-0.25, -0.2) is 13.1 Å². The Morgan fingerprint density at radius 1 is 1.00 bits per heavy atom. The van der Waals surface area contributed by atoms with Gasteiger partial charge in [0, 0.05) is 6.54 Å². The molecule has 2 heterocycles. The van der Waals surface area contributed by atoms with Crippen LogP contribution in [-0.2, 0) is 16.6 Å². The third-order valence-electron chi connectivity index (χ3n) is 6.43. The number of nitrogens with one attached hydrogen (secondary N) is 1. The van der Waals surface area contributed by atoms with Crippen LogP contribution in [0.4, 0.5) is 0 Å². The third-order valence-corrected chi connectivity index (χ3v) is 8.13. The zero-order chi connectivity index (χ0) is 20.5. The Morgan fingerprint density at radius 3 is 2.11 bits per heavy atom. The molecule has 1 aromatic heterocycles. The Kier molecular flexibility index (Phi) is 6.32. The lowest BCUT2D eigenvalue weighted by molar-refractivity contribution is 0.168. The number of piperidine rings is 1. The number of furan rings is 1. The van der Waals surface area contributed by atoms with Gasteiger partial charge >= 0.3 is 0 Å². The Balaban J connectivity index is 1.62. The van der Waals surface area contributed by atoms with Crippen LogP contribution in [0.5, 0.6) is 0 Å². The maximum atomic E-state index is 13.1. The van der Waals surface area contributed by atoms with Crippen molar-refractivity contribution >= 4 is 10.0 Å². The van der Waals surface area contributed by atoms with Crippen molar-refractivity contribution in [3.05, 3.63) is 52.0 Å². The number of hydrogen-bond acceptors (Lipinski definition) is 4. The van der Waals surface area contributed by atoms with E-state index in [1.807, 2.05) is 39.8 Å². The summed E-state index contributed by atoms with van der Waals surface area (Å²) in [5, 5.41) is 0. The molecule has 28 heavy (non-hydrogen) atoms. The molecule has 1 aromatic carbocycles. The van der Waals surface area contributed by atoms with Crippen molar-refractivity contribution in [3.63, 3.8) is 0 Å². The molecule has 0 atom stereocenters. The smallest absolute Gasteiger partial charge is 0.241 e. The van der Waals surface area contributed by atoms with Gasteiger partial charge in [0.15, 0.2) is 0 Å². The highest BCUT2D eigenvalue weighted by Gasteiger charge is 2.26. The summed E-state index contributed by atoms with van der Waals surface area (Å²) in [6.45, 7) is 13.2. The highest BCUT2D eigenvalue weighted by molar-refractivity contribution is 7.89. The first-order valence-electron chi connectivity index (χ1n) is 10.0. The van der Waals surface area contributed by atoms with E-state index in [2.05, 4.69) is 16.5 Å². The number of rotatable bonds is 6. The van der Waals surface area contributed by atoms with Crippen LogP contribution in [0.15, 0.2) is 27.7 Å². The van der Waals surface area contributed by atoms with Gasteiger partial charge in [-0.05, 0) is 106 Å². The summed E-state index contributed by atoms with van der Waals surface area (Å²) in [7, 11) is -3.52. The predicted molar refractivity (Wildman–Crippen MR) is 112 cm³/mol. The van der Waals surface area contributed by atoms with Crippen molar-refractivity contribution in [1.82, 2.24) is 9.62 Å². The number of benzene rings is 1. The summed E-state index contributed by atoms with van der Waals surface area (Å²) in [6.07, 6.45) is 3.69. The molecule has 1 saturated heterocycles. The van der Waals surface area contributed by atoms with Crippen molar-refractivity contribution in [1.29, 1.82) is 0 Å². The van der Waals surface area contributed by atoms with E-state index in [0.29, 0.717) is 17.4 Å². The van der Waals surface area contributed by atoms with Crippen LogP contribution in [0.1, 0.15) is 46.4 Å². The summed E-state index contributed by atoms with van der Waals surface area (Å²) in [5.74, 6) is 1.35. The minimum atomic E-state index is -3.52. The number of sulfonamides is 1. The van der Waals surface area contributed by atoms with E-state index >= 15 is 0 Å². The normalized spacial score (nSPS) is 16.6. The van der Waals surface area contributed by atoms with Crippen molar-refractivity contribution in [2.75, 3.05) is 19.6 Å². The molecule has 0 aliphatic carbocycles. The van der Waals surface area contributed by atoms with Gasteiger partial charge in [0.25, 0.3) is 0 Å². The molecule has 0 amide bonds. The molecule has 1 N–H and O–H groups in total. The minimum Gasteiger partial charge on any atom is -0.468 e. The number of nitrogens with zero attached hydrogens (tertiary/aromatic N) is 1. The van der Waals surface area contributed by atoms with E-state index in [1.54, 1.807) is 6.26 Å². The second-order valence-corrected chi connectivity index (χ2v) is 9.81. The van der Waals surface area contributed by atoms with Crippen molar-refractivity contribution in [2.24, 2.45) is 5.92 Å². The molecule has 1 aliphatic heterocycles. The van der Waals surface area contributed by atoms with E-state index in [1.165, 1.54) is 5.56 Å². The molecule has 2 aromatic rings. The predicted octanol–water partition coefficient (Wildman–Crippen LogP) is 4.01. The highest BCUT2D eigenvalue weighted by Crippen LogP contribution is 2.29. The fourth-order valence-electron chi connectivity index (χ4n) is 4.14. The zero-order valence-corrected chi connectivity index (χ0v) is 18.4. The zero-order valence-electron chi connectivity index (χ0n) is 17.6. The van der Waals surface area contributed by atoms with Crippen molar-refractivity contribution in [3.8, 4) is 0 Å². The Hall–Kier alpha value is -1.63. The molecule has 5 nitrogen and oxygen atoms in total. The molecule has 0 unspecified atom stereocenters. The van der Waals surface area contributed by atoms with Crippen LogP contribution in [0.2, 0.25) is 0 Å². The van der Waals surface area contributed by atoms with E-state index in [-0.39, 0.29) is 0 Å². The van der Waals surface area contributed by atoms with Crippen molar-refractivity contribution < 1.29 is 12.8 Å². The van der Waals surface area contributed by atoms with Crippen LogP contribution in [0, 0.1) is 40.5 Å². The maximum absolute atomic E-state index is 13.1. The molecule has 1 aliphatic rings. The van der Waals surface area contributed by atoms with Gasteiger partial charge in [0.1, 0.15) is 5.76 Å². The fourth-order valence-corrected chi connectivity index (χ4v) is 5.85. The minimum absolute atomic E-state index is 0.371. The first-order chi connectivity index (χ1) is 13.2. The van der Waals surface area contributed by atoms with Gasteiger partial charge in [-0.15, -0.1) is 0 Å². The Morgan fingerprint density at radius 2 is 1.57 bits per heavy atom. The average molecular weight is 405 g/mol. The van der Waals surface area contributed by atoms with Crippen LogP contribution in [0.25, 0.3) is 0 Å².